The molecule has 3 aliphatic rings. The average molecular weight is 538 g/mol. The number of ether oxygens (including phenoxy) is 1. The summed E-state index contributed by atoms with van der Waals surface area (Å²) < 4.78 is 8.11. The molecule has 2 fully saturated rings. The van der Waals surface area contributed by atoms with Gasteiger partial charge in [-0.2, -0.15) is 9.61 Å². The first-order valence-electron chi connectivity index (χ1n) is 13.9. The number of benzene rings is 1. The Morgan fingerprint density at radius 2 is 1.95 bits per heavy atom. The van der Waals surface area contributed by atoms with Crippen molar-refractivity contribution in [1.82, 2.24) is 19.5 Å². The molecule has 10 heteroatoms. The lowest BCUT2D eigenvalue weighted by molar-refractivity contribution is 0.0601. The highest BCUT2D eigenvalue weighted by molar-refractivity contribution is 6.31. The molecule has 6 rings (SSSR count). The normalized spacial score (nSPS) is 22.7. The molecule has 2 atom stereocenters. The van der Waals surface area contributed by atoms with Gasteiger partial charge in [0.15, 0.2) is 5.65 Å². The van der Waals surface area contributed by atoms with Gasteiger partial charge in [-0.1, -0.05) is 11.6 Å². The van der Waals surface area contributed by atoms with E-state index in [1.165, 1.54) is 0 Å². The molecular formula is C28H36ClN7O2. The second kappa shape index (κ2) is 10.6. The third-order valence-corrected chi connectivity index (χ3v) is 8.26. The summed E-state index contributed by atoms with van der Waals surface area (Å²) in [5.74, 6) is 2.50. The first-order chi connectivity index (χ1) is 18.5. The quantitative estimate of drug-likeness (QED) is 0.521. The van der Waals surface area contributed by atoms with Gasteiger partial charge in [0, 0.05) is 55.9 Å². The van der Waals surface area contributed by atoms with E-state index in [0.29, 0.717) is 29.5 Å². The Balaban J connectivity index is 1.47. The maximum absolute atomic E-state index is 14.0. The number of anilines is 2. The van der Waals surface area contributed by atoms with Crippen LogP contribution in [-0.4, -0.2) is 70.8 Å². The molecule has 1 aromatic carbocycles. The van der Waals surface area contributed by atoms with Crippen molar-refractivity contribution in [1.29, 1.82) is 0 Å². The first kappa shape index (κ1) is 25.2. The van der Waals surface area contributed by atoms with Crippen LogP contribution in [0, 0.1) is 0 Å². The predicted molar refractivity (Wildman–Crippen MR) is 149 cm³/mol. The summed E-state index contributed by atoms with van der Waals surface area (Å²) in [4.78, 5) is 25.6. The molecule has 2 bridgehead atoms. The first-order valence-corrected chi connectivity index (χ1v) is 14.3. The summed E-state index contributed by atoms with van der Waals surface area (Å²) in [7, 11) is 0. The molecule has 3 aliphatic heterocycles. The van der Waals surface area contributed by atoms with Gasteiger partial charge in [-0.3, -0.25) is 4.79 Å². The Kier molecular flexibility index (Phi) is 7.05. The molecule has 2 saturated heterocycles. The van der Waals surface area contributed by atoms with Crippen LogP contribution in [0.5, 0.6) is 5.75 Å². The summed E-state index contributed by atoms with van der Waals surface area (Å²) in [5, 5.41) is 5.63. The summed E-state index contributed by atoms with van der Waals surface area (Å²) in [6.45, 7) is 6.81. The largest absolute Gasteiger partial charge is 0.493 e. The Bertz CT molecular complexity index is 1330. The zero-order valence-corrected chi connectivity index (χ0v) is 22.7. The molecule has 2 aromatic heterocycles. The van der Waals surface area contributed by atoms with E-state index in [-0.39, 0.29) is 18.0 Å². The van der Waals surface area contributed by atoms with Gasteiger partial charge in [0.05, 0.1) is 23.9 Å². The highest BCUT2D eigenvalue weighted by atomic mass is 35.5. The molecule has 0 aliphatic carbocycles. The van der Waals surface area contributed by atoms with Crippen LogP contribution in [-0.2, 0) is 0 Å². The molecule has 2 N–H and O–H groups in total. The van der Waals surface area contributed by atoms with E-state index in [1.807, 2.05) is 15.5 Å². The van der Waals surface area contributed by atoms with E-state index < -0.39 is 0 Å². The summed E-state index contributed by atoms with van der Waals surface area (Å²) in [6, 6.07) is 9.59. The molecule has 0 spiro atoms. The van der Waals surface area contributed by atoms with Crippen molar-refractivity contribution in [3.05, 3.63) is 46.6 Å². The zero-order chi connectivity index (χ0) is 26.2. The third kappa shape index (κ3) is 4.78. The summed E-state index contributed by atoms with van der Waals surface area (Å²) in [6.07, 6.45) is 5.63. The fourth-order valence-corrected chi connectivity index (χ4v) is 6.13. The minimum Gasteiger partial charge on any atom is -0.493 e. The number of nitrogens with zero attached hydrogens (tertiary/aromatic N) is 6. The number of carbonyl (C=O) groups is 1. The second-order valence-electron chi connectivity index (χ2n) is 10.6. The number of fused-ring (bicyclic) bond motifs is 4. The monoisotopic (exact) mass is 537 g/mol. The number of piperidine rings is 1. The second-order valence-corrected chi connectivity index (χ2v) is 11.0. The Hall–Kier alpha value is -3.04. The number of carbonyl (C=O) groups excluding carboxylic acids is 1. The smallest absolute Gasteiger partial charge is 0.258 e. The number of halogens is 1. The SMILES string of the molecule is CCN1CCCCOc2ccc(Cl)cc2C(=O)N2CCCCC2c2cc3nc(N4CCC(N)C4)cc1n3n2. The van der Waals surface area contributed by atoms with Gasteiger partial charge in [-0.15, -0.1) is 0 Å². The Labute approximate surface area is 228 Å². The van der Waals surface area contributed by atoms with Crippen LogP contribution < -0.4 is 20.3 Å². The lowest BCUT2D eigenvalue weighted by atomic mass is 9.98. The van der Waals surface area contributed by atoms with E-state index >= 15 is 0 Å². The van der Waals surface area contributed by atoms with Gasteiger partial charge < -0.3 is 25.2 Å². The van der Waals surface area contributed by atoms with Gasteiger partial charge in [-0.25, -0.2) is 4.98 Å². The van der Waals surface area contributed by atoms with Crippen molar-refractivity contribution in [2.45, 2.75) is 57.5 Å². The van der Waals surface area contributed by atoms with Crippen LogP contribution in [0.1, 0.15) is 67.5 Å². The molecular weight excluding hydrogens is 502 g/mol. The van der Waals surface area contributed by atoms with Gasteiger partial charge in [0.25, 0.3) is 5.91 Å². The van der Waals surface area contributed by atoms with Crippen molar-refractivity contribution in [3.8, 4) is 5.75 Å². The standard InChI is InChI=1S/C28H36ClN7O2/c1-2-33-11-5-6-14-38-24-9-8-19(29)15-21(24)28(37)35-12-4-3-7-23(35)22-16-26-31-25(17-27(33)36(26)32-22)34-13-10-20(30)18-34/h8-9,15-17,20,23H,2-7,10-14,18,30H2,1H3. The third-order valence-electron chi connectivity index (χ3n) is 8.03. The molecule has 3 aromatic rings. The lowest BCUT2D eigenvalue weighted by Gasteiger charge is -2.35. The van der Waals surface area contributed by atoms with Crippen LogP contribution in [0.15, 0.2) is 30.3 Å². The van der Waals surface area contributed by atoms with Crippen molar-refractivity contribution in [3.63, 3.8) is 0 Å². The molecule has 38 heavy (non-hydrogen) atoms. The number of hydrogen-bond donors (Lipinski definition) is 1. The maximum Gasteiger partial charge on any atom is 0.258 e. The molecule has 202 valence electrons. The zero-order valence-electron chi connectivity index (χ0n) is 22.0. The maximum atomic E-state index is 14.0. The van der Waals surface area contributed by atoms with E-state index in [9.17, 15) is 4.79 Å². The predicted octanol–water partition coefficient (Wildman–Crippen LogP) is 4.29. The molecule has 0 saturated carbocycles. The lowest BCUT2D eigenvalue weighted by Crippen LogP contribution is -2.39. The Morgan fingerprint density at radius 3 is 2.76 bits per heavy atom. The highest BCUT2D eigenvalue weighted by Crippen LogP contribution is 2.36. The van der Waals surface area contributed by atoms with E-state index in [0.717, 1.165) is 87.7 Å². The van der Waals surface area contributed by atoms with Crippen molar-refractivity contribution < 1.29 is 9.53 Å². The Morgan fingerprint density at radius 1 is 1.08 bits per heavy atom. The minimum absolute atomic E-state index is 0.0609. The fourth-order valence-electron chi connectivity index (χ4n) is 5.96. The van der Waals surface area contributed by atoms with Gasteiger partial charge in [0.2, 0.25) is 0 Å². The summed E-state index contributed by atoms with van der Waals surface area (Å²) >= 11 is 6.34. The van der Waals surface area contributed by atoms with Crippen LogP contribution in [0.2, 0.25) is 5.02 Å². The van der Waals surface area contributed by atoms with E-state index in [4.69, 9.17) is 32.2 Å². The summed E-state index contributed by atoms with van der Waals surface area (Å²) in [5.41, 5.74) is 8.43. The number of hydrogen-bond acceptors (Lipinski definition) is 7. The van der Waals surface area contributed by atoms with Crippen molar-refractivity contribution in [2.24, 2.45) is 5.73 Å². The highest BCUT2D eigenvalue weighted by Gasteiger charge is 2.33. The van der Waals surface area contributed by atoms with Crippen LogP contribution in [0.4, 0.5) is 11.6 Å². The minimum atomic E-state index is -0.138. The number of rotatable bonds is 2. The van der Waals surface area contributed by atoms with Crippen molar-refractivity contribution in [2.75, 3.05) is 49.1 Å². The molecule has 1 amide bonds. The molecule has 2 unspecified atom stereocenters. The number of nitrogens with two attached hydrogens (primary N) is 1. The van der Waals surface area contributed by atoms with Gasteiger partial charge in [0.1, 0.15) is 17.4 Å². The van der Waals surface area contributed by atoms with Crippen LogP contribution >= 0.6 is 11.6 Å². The fraction of sp³-hybridized carbons (Fsp3) is 0.536. The van der Waals surface area contributed by atoms with Gasteiger partial charge in [-0.05, 0) is 63.6 Å². The van der Waals surface area contributed by atoms with Gasteiger partial charge >= 0.3 is 0 Å². The number of aromatic nitrogens is 3. The van der Waals surface area contributed by atoms with E-state index in [2.05, 4.69) is 28.9 Å². The number of amides is 1. The van der Waals surface area contributed by atoms with E-state index in [1.54, 1.807) is 12.1 Å². The topological polar surface area (TPSA) is 92.2 Å². The average Bonchev–Trinajstić information content (AvgIpc) is 3.56. The van der Waals surface area contributed by atoms with Crippen LogP contribution in [0.25, 0.3) is 5.65 Å². The molecule has 5 heterocycles. The van der Waals surface area contributed by atoms with Crippen molar-refractivity contribution >= 4 is 34.8 Å². The molecule has 0 radical (unpaired) electrons. The van der Waals surface area contributed by atoms with Crippen LogP contribution in [0.3, 0.4) is 0 Å². The molecule has 9 nitrogen and oxygen atoms in total.